The van der Waals surface area contributed by atoms with Crippen molar-refractivity contribution >= 4 is 16.5 Å². The molecule has 0 saturated carbocycles. The Balaban J connectivity index is 2.28. The fraction of sp³-hybridized carbons (Fsp3) is 0.0769. The van der Waals surface area contributed by atoms with E-state index in [4.69, 9.17) is 10.5 Å². The van der Waals surface area contributed by atoms with Crippen LogP contribution in [-0.2, 0) is 0 Å². The zero-order valence-electron chi connectivity index (χ0n) is 9.87. The van der Waals surface area contributed by atoms with Crippen molar-refractivity contribution in [2.75, 3.05) is 12.8 Å². The number of fused-ring (bicyclic) bond motifs is 1. The van der Waals surface area contributed by atoms with Gasteiger partial charge < -0.3 is 10.5 Å². The number of hydrogen-bond donors (Lipinski definition) is 1. The van der Waals surface area contributed by atoms with Crippen molar-refractivity contribution in [1.29, 1.82) is 0 Å². The Morgan fingerprint density at radius 3 is 2.89 bits per heavy atom. The molecule has 0 bridgehead atoms. The predicted molar refractivity (Wildman–Crippen MR) is 69.8 cm³/mol. The highest BCUT2D eigenvalue weighted by molar-refractivity contribution is 5.89. The van der Waals surface area contributed by atoms with Crippen LogP contribution in [0.2, 0.25) is 0 Å². The molecule has 0 aliphatic carbocycles. The normalized spacial score (nSPS) is 10.7. The zero-order valence-corrected chi connectivity index (χ0v) is 9.87. The van der Waals surface area contributed by atoms with E-state index in [0.29, 0.717) is 5.69 Å². The van der Waals surface area contributed by atoms with Crippen LogP contribution in [0.1, 0.15) is 0 Å². The van der Waals surface area contributed by atoms with Crippen LogP contribution in [0.15, 0.2) is 42.9 Å². The van der Waals surface area contributed by atoms with E-state index >= 15 is 0 Å². The van der Waals surface area contributed by atoms with Gasteiger partial charge in [0.05, 0.1) is 25.2 Å². The van der Waals surface area contributed by atoms with Crippen molar-refractivity contribution in [1.82, 2.24) is 14.8 Å². The highest BCUT2D eigenvalue weighted by Crippen LogP contribution is 2.24. The fourth-order valence-electron chi connectivity index (χ4n) is 1.89. The number of pyridine rings is 1. The summed E-state index contributed by atoms with van der Waals surface area (Å²) in [5, 5.41) is 6.23. The molecular weight excluding hydrogens is 228 g/mol. The number of rotatable bonds is 2. The molecule has 0 spiro atoms. The minimum atomic E-state index is 0.608. The van der Waals surface area contributed by atoms with Crippen molar-refractivity contribution in [3.8, 4) is 11.6 Å². The summed E-state index contributed by atoms with van der Waals surface area (Å²) in [7, 11) is 1.64. The molecule has 18 heavy (non-hydrogen) atoms. The largest absolute Gasteiger partial charge is 0.497 e. The van der Waals surface area contributed by atoms with Gasteiger partial charge in [0, 0.05) is 11.6 Å². The molecule has 0 unspecified atom stereocenters. The second-order valence-corrected chi connectivity index (χ2v) is 3.94. The highest BCUT2D eigenvalue weighted by atomic mass is 16.5. The quantitative estimate of drug-likeness (QED) is 0.744. The second kappa shape index (κ2) is 4.03. The molecule has 0 fully saturated rings. The first-order valence-electron chi connectivity index (χ1n) is 5.51. The van der Waals surface area contributed by atoms with Gasteiger partial charge in [-0.3, -0.25) is 0 Å². The van der Waals surface area contributed by atoms with E-state index in [1.54, 1.807) is 30.4 Å². The molecule has 1 aromatic carbocycles. The van der Waals surface area contributed by atoms with Crippen LogP contribution in [0, 0.1) is 0 Å². The van der Waals surface area contributed by atoms with Crippen molar-refractivity contribution in [3.05, 3.63) is 42.9 Å². The first-order valence-corrected chi connectivity index (χ1v) is 5.51. The van der Waals surface area contributed by atoms with Crippen molar-refractivity contribution < 1.29 is 4.74 Å². The number of hydrogen-bond acceptors (Lipinski definition) is 4. The van der Waals surface area contributed by atoms with Crippen LogP contribution in [0.25, 0.3) is 16.6 Å². The summed E-state index contributed by atoms with van der Waals surface area (Å²) < 4.78 is 6.90. The van der Waals surface area contributed by atoms with E-state index < -0.39 is 0 Å². The van der Waals surface area contributed by atoms with Crippen LogP contribution in [0.3, 0.4) is 0 Å². The lowest BCUT2D eigenvalue weighted by Gasteiger charge is -2.07. The lowest BCUT2D eigenvalue weighted by Crippen LogP contribution is -1.99. The summed E-state index contributed by atoms with van der Waals surface area (Å²) in [5.74, 6) is 1.53. The summed E-state index contributed by atoms with van der Waals surface area (Å²) in [6, 6.07) is 7.80. The molecule has 0 atom stereocenters. The number of nitrogen functional groups attached to an aromatic ring is 1. The van der Waals surface area contributed by atoms with Gasteiger partial charge in [-0.05, 0) is 23.6 Å². The number of nitrogens with zero attached hydrogens (tertiary/aromatic N) is 3. The van der Waals surface area contributed by atoms with Gasteiger partial charge in [-0.25, -0.2) is 9.67 Å². The summed E-state index contributed by atoms with van der Waals surface area (Å²) in [6.07, 6.45) is 5.09. The van der Waals surface area contributed by atoms with Crippen LogP contribution in [0.4, 0.5) is 5.69 Å². The minimum Gasteiger partial charge on any atom is -0.497 e. The third kappa shape index (κ3) is 1.66. The summed E-state index contributed by atoms with van der Waals surface area (Å²) >= 11 is 0. The monoisotopic (exact) mass is 240 g/mol. The number of benzene rings is 1. The lowest BCUT2D eigenvalue weighted by atomic mass is 10.1. The molecule has 0 saturated heterocycles. The number of ether oxygens (including phenoxy) is 1. The van der Waals surface area contributed by atoms with Crippen molar-refractivity contribution in [2.24, 2.45) is 0 Å². The summed E-state index contributed by atoms with van der Waals surface area (Å²) in [5.41, 5.74) is 6.29. The van der Waals surface area contributed by atoms with Gasteiger partial charge in [-0.1, -0.05) is 6.07 Å². The smallest absolute Gasteiger partial charge is 0.161 e. The Bertz CT molecular complexity index is 705. The molecule has 0 amide bonds. The number of methoxy groups -OCH3 is 1. The molecule has 0 radical (unpaired) electrons. The average molecular weight is 240 g/mol. The average Bonchev–Trinajstić information content (AvgIpc) is 2.84. The van der Waals surface area contributed by atoms with Gasteiger partial charge >= 0.3 is 0 Å². The fourth-order valence-corrected chi connectivity index (χ4v) is 1.89. The van der Waals surface area contributed by atoms with Gasteiger partial charge in [0.15, 0.2) is 5.82 Å². The Morgan fingerprint density at radius 1 is 1.28 bits per heavy atom. The van der Waals surface area contributed by atoms with Crippen LogP contribution in [-0.4, -0.2) is 21.9 Å². The molecule has 90 valence electrons. The molecule has 3 aromatic rings. The maximum absolute atomic E-state index is 5.68. The van der Waals surface area contributed by atoms with Crippen molar-refractivity contribution in [2.45, 2.75) is 0 Å². The predicted octanol–water partition coefficient (Wildman–Crippen LogP) is 2.01. The second-order valence-electron chi connectivity index (χ2n) is 3.94. The molecule has 3 rings (SSSR count). The summed E-state index contributed by atoms with van der Waals surface area (Å²) in [4.78, 5) is 4.36. The minimum absolute atomic E-state index is 0.608. The molecule has 5 nitrogen and oxygen atoms in total. The zero-order chi connectivity index (χ0) is 12.5. The van der Waals surface area contributed by atoms with Gasteiger partial charge in [0.2, 0.25) is 0 Å². The van der Waals surface area contributed by atoms with Crippen molar-refractivity contribution in [3.63, 3.8) is 0 Å². The number of nitrogens with two attached hydrogens (primary N) is 1. The van der Waals surface area contributed by atoms with Crippen LogP contribution >= 0.6 is 0 Å². The first-order chi connectivity index (χ1) is 8.78. The topological polar surface area (TPSA) is 66.0 Å². The summed E-state index contributed by atoms with van der Waals surface area (Å²) in [6.45, 7) is 0. The third-order valence-corrected chi connectivity index (χ3v) is 2.77. The standard InChI is InChI=1S/C13H12N4O/c1-18-11-3-2-9-4-5-15-13(12(9)6-11)17-8-10(14)7-16-17/h2-8H,14H2,1H3. The van der Waals surface area contributed by atoms with E-state index in [2.05, 4.69) is 10.1 Å². The molecule has 0 aliphatic heterocycles. The van der Waals surface area contributed by atoms with Gasteiger partial charge in [-0.2, -0.15) is 5.10 Å². The molecular formula is C13H12N4O. The molecule has 5 heteroatoms. The third-order valence-electron chi connectivity index (χ3n) is 2.77. The van der Waals surface area contributed by atoms with E-state index in [-0.39, 0.29) is 0 Å². The number of anilines is 1. The molecule has 0 aliphatic rings. The Kier molecular flexibility index (Phi) is 2.37. The SMILES string of the molecule is COc1ccc2ccnc(-n3cc(N)cn3)c2c1. The molecule has 2 heterocycles. The Morgan fingerprint density at radius 2 is 2.17 bits per heavy atom. The molecule has 2 N–H and O–H groups in total. The maximum Gasteiger partial charge on any atom is 0.161 e. The van der Waals surface area contributed by atoms with Gasteiger partial charge in [0.1, 0.15) is 5.75 Å². The Hall–Kier alpha value is -2.56. The highest BCUT2D eigenvalue weighted by Gasteiger charge is 2.07. The van der Waals surface area contributed by atoms with Gasteiger partial charge in [-0.15, -0.1) is 0 Å². The maximum atomic E-state index is 5.68. The van der Waals surface area contributed by atoms with Crippen LogP contribution < -0.4 is 10.5 Å². The van der Waals surface area contributed by atoms with Crippen LogP contribution in [0.5, 0.6) is 5.75 Å². The molecule has 2 aromatic heterocycles. The van der Waals surface area contributed by atoms with E-state index in [9.17, 15) is 0 Å². The first kappa shape index (κ1) is 10.6. The Labute approximate surface area is 104 Å². The van der Waals surface area contributed by atoms with E-state index in [1.807, 2.05) is 24.3 Å². The van der Waals surface area contributed by atoms with E-state index in [1.165, 1.54) is 0 Å². The number of aromatic nitrogens is 3. The lowest BCUT2D eigenvalue weighted by molar-refractivity contribution is 0.415. The van der Waals surface area contributed by atoms with E-state index in [0.717, 1.165) is 22.3 Å². The van der Waals surface area contributed by atoms with Gasteiger partial charge in [0.25, 0.3) is 0 Å².